The summed E-state index contributed by atoms with van der Waals surface area (Å²) in [5.41, 5.74) is 1.44. The summed E-state index contributed by atoms with van der Waals surface area (Å²) in [6, 6.07) is 21.5. The molecule has 3 fully saturated rings. The first kappa shape index (κ1) is 29.2. The molecule has 8 heteroatoms. The summed E-state index contributed by atoms with van der Waals surface area (Å²) in [5.74, 6) is -2.29. The van der Waals surface area contributed by atoms with E-state index in [0.29, 0.717) is 24.9 Å². The summed E-state index contributed by atoms with van der Waals surface area (Å²) in [6.07, 6.45) is 5.22. The minimum Gasteiger partial charge on any atom is -0.465 e. The van der Waals surface area contributed by atoms with Gasteiger partial charge in [0.05, 0.1) is 35.8 Å². The van der Waals surface area contributed by atoms with Crippen LogP contribution in [0.2, 0.25) is 0 Å². The third-order valence-electron chi connectivity index (χ3n) is 9.13. The molecule has 3 aliphatic heterocycles. The quantitative estimate of drug-likeness (QED) is 0.184. The van der Waals surface area contributed by atoms with Crippen molar-refractivity contribution in [2.45, 2.75) is 41.3 Å². The van der Waals surface area contributed by atoms with Crippen LogP contribution in [-0.2, 0) is 19.1 Å². The Labute approximate surface area is 256 Å². The number of anilines is 1. The zero-order valence-electron chi connectivity index (χ0n) is 24.0. The topological polar surface area (TPSA) is 87.2 Å². The predicted octanol–water partition coefficient (Wildman–Crippen LogP) is 5.30. The molecule has 1 spiro atoms. The van der Waals surface area contributed by atoms with Crippen molar-refractivity contribution in [2.75, 3.05) is 24.7 Å². The SMILES string of the molecule is C=CCCOC(=O)[C@@H]1[C@@H]2CCC3(S2)C(C(=O)N(CC=C)c2ccc4ccccc4c2)N([C@H](CO)c2ccccc2)C(=O)[C@H]13. The van der Waals surface area contributed by atoms with Gasteiger partial charge in [-0.3, -0.25) is 14.4 Å². The standard InChI is InChI=1S/C35H36N2O5S/c1-3-5-20-42-34(41)29-28-17-18-35(43-28)30(29)32(39)37(27(22-38)24-12-7-6-8-13-24)31(35)33(40)36(19-4-2)26-16-15-23-11-9-10-14-25(23)21-26/h3-4,6-16,21,27-31,38H,1-2,5,17-20,22H2/t27-,28+,29-,30+,31?,35?/m1/s1. The van der Waals surface area contributed by atoms with E-state index in [-0.39, 0.29) is 36.8 Å². The van der Waals surface area contributed by atoms with Gasteiger partial charge in [-0.15, -0.1) is 24.9 Å². The highest BCUT2D eigenvalue weighted by Crippen LogP contribution is 2.67. The number of esters is 1. The normalized spacial score (nSPS) is 26.3. The molecule has 2 unspecified atom stereocenters. The average molecular weight is 597 g/mol. The Morgan fingerprint density at radius 1 is 1.07 bits per heavy atom. The Kier molecular flexibility index (Phi) is 8.16. The summed E-state index contributed by atoms with van der Waals surface area (Å²) in [5, 5.41) is 12.7. The summed E-state index contributed by atoms with van der Waals surface area (Å²) in [4.78, 5) is 46.3. The fourth-order valence-corrected chi connectivity index (χ4v) is 9.47. The van der Waals surface area contributed by atoms with Crippen LogP contribution in [0.1, 0.15) is 30.9 Å². The molecular formula is C35H36N2O5S. The van der Waals surface area contributed by atoms with Crippen molar-refractivity contribution in [1.82, 2.24) is 4.90 Å². The average Bonchev–Trinajstić information content (AvgIpc) is 3.68. The highest BCUT2D eigenvalue weighted by Gasteiger charge is 2.75. The summed E-state index contributed by atoms with van der Waals surface area (Å²) in [7, 11) is 0. The molecule has 0 saturated carbocycles. The minimum absolute atomic E-state index is 0.111. The molecule has 222 valence electrons. The smallest absolute Gasteiger partial charge is 0.310 e. The molecule has 3 saturated heterocycles. The van der Waals surface area contributed by atoms with Gasteiger partial charge in [-0.1, -0.05) is 72.8 Å². The zero-order chi connectivity index (χ0) is 30.1. The van der Waals surface area contributed by atoms with Crippen LogP contribution in [0.4, 0.5) is 5.69 Å². The van der Waals surface area contributed by atoms with E-state index in [1.165, 1.54) is 0 Å². The first-order valence-corrected chi connectivity index (χ1v) is 15.7. The van der Waals surface area contributed by atoms with E-state index >= 15 is 0 Å². The molecule has 0 radical (unpaired) electrons. The number of fused-ring (bicyclic) bond motifs is 2. The molecule has 6 atom stereocenters. The van der Waals surface area contributed by atoms with Crippen LogP contribution in [-0.4, -0.2) is 63.6 Å². The van der Waals surface area contributed by atoms with Crippen LogP contribution in [0, 0.1) is 11.8 Å². The molecule has 43 heavy (non-hydrogen) atoms. The number of aliphatic hydroxyl groups excluding tert-OH is 1. The zero-order valence-corrected chi connectivity index (χ0v) is 24.8. The number of nitrogens with zero attached hydrogens (tertiary/aromatic N) is 2. The van der Waals surface area contributed by atoms with Crippen molar-refractivity contribution >= 4 is 46.0 Å². The van der Waals surface area contributed by atoms with Crippen LogP contribution in [0.15, 0.2) is 98.1 Å². The number of hydrogen-bond acceptors (Lipinski definition) is 6. The molecule has 1 N–H and O–H groups in total. The lowest BCUT2D eigenvalue weighted by Gasteiger charge is -2.39. The predicted molar refractivity (Wildman–Crippen MR) is 169 cm³/mol. The van der Waals surface area contributed by atoms with Gasteiger partial charge in [0.15, 0.2) is 0 Å². The second kappa shape index (κ2) is 12.0. The van der Waals surface area contributed by atoms with Crippen LogP contribution in [0.25, 0.3) is 10.8 Å². The third-order valence-corrected chi connectivity index (χ3v) is 11.1. The van der Waals surface area contributed by atoms with Crippen LogP contribution < -0.4 is 4.90 Å². The number of thioether (sulfide) groups is 1. The van der Waals surface area contributed by atoms with Crippen molar-refractivity contribution in [1.29, 1.82) is 0 Å². The molecule has 0 aliphatic carbocycles. The second-order valence-electron chi connectivity index (χ2n) is 11.4. The molecule has 6 rings (SSSR count). The number of rotatable bonds is 11. The van der Waals surface area contributed by atoms with Gasteiger partial charge < -0.3 is 19.6 Å². The molecule has 2 bridgehead atoms. The number of benzene rings is 3. The molecule has 3 heterocycles. The van der Waals surface area contributed by atoms with Gasteiger partial charge in [0.2, 0.25) is 5.91 Å². The Hall–Kier alpha value is -3.88. The van der Waals surface area contributed by atoms with E-state index < -0.39 is 34.6 Å². The van der Waals surface area contributed by atoms with Crippen molar-refractivity contribution in [3.05, 3.63) is 104 Å². The lowest BCUT2D eigenvalue weighted by molar-refractivity contribution is -0.154. The number of hydrogen-bond donors (Lipinski definition) is 1. The first-order chi connectivity index (χ1) is 20.9. The largest absolute Gasteiger partial charge is 0.465 e. The van der Waals surface area contributed by atoms with Crippen LogP contribution >= 0.6 is 11.8 Å². The van der Waals surface area contributed by atoms with E-state index in [1.807, 2.05) is 72.8 Å². The molecule has 7 nitrogen and oxygen atoms in total. The fourth-order valence-electron chi connectivity index (χ4n) is 7.29. The lowest BCUT2D eigenvalue weighted by atomic mass is 9.71. The van der Waals surface area contributed by atoms with E-state index in [0.717, 1.165) is 16.3 Å². The number of amides is 2. The van der Waals surface area contributed by atoms with Gasteiger partial charge in [0.1, 0.15) is 6.04 Å². The van der Waals surface area contributed by atoms with Gasteiger partial charge >= 0.3 is 5.97 Å². The van der Waals surface area contributed by atoms with Crippen molar-refractivity contribution < 1.29 is 24.2 Å². The molecule has 0 aromatic heterocycles. The number of aliphatic hydroxyl groups is 1. The third kappa shape index (κ3) is 4.86. The number of carbonyl (C=O) groups excluding carboxylic acids is 3. The maximum Gasteiger partial charge on any atom is 0.310 e. The van der Waals surface area contributed by atoms with Gasteiger partial charge in [0, 0.05) is 17.5 Å². The molecule has 3 aromatic rings. The Morgan fingerprint density at radius 3 is 2.53 bits per heavy atom. The van der Waals surface area contributed by atoms with Gasteiger partial charge in [-0.2, -0.15) is 0 Å². The maximum absolute atomic E-state index is 15.0. The molecule has 2 amide bonds. The molecular weight excluding hydrogens is 560 g/mol. The Balaban J connectivity index is 1.45. The van der Waals surface area contributed by atoms with E-state index in [2.05, 4.69) is 13.2 Å². The highest BCUT2D eigenvalue weighted by atomic mass is 32.2. The van der Waals surface area contributed by atoms with Crippen molar-refractivity contribution in [3.63, 3.8) is 0 Å². The Bertz CT molecular complexity index is 1560. The molecule has 3 aromatic carbocycles. The van der Waals surface area contributed by atoms with E-state index in [1.54, 1.807) is 33.7 Å². The maximum atomic E-state index is 15.0. The number of ether oxygens (including phenoxy) is 1. The van der Waals surface area contributed by atoms with Gasteiger partial charge in [-0.25, -0.2) is 0 Å². The van der Waals surface area contributed by atoms with Gasteiger partial charge in [0.25, 0.3) is 5.91 Å². The minimum atomic E-state index is -0.894. The highest BCUT2D eigenvalue weighted by molar-refractivity contribution is 8.02. The summed E-state index contributed by atoms with van der Waals surface area (Å²) in [6.45, 7) is 7.71. The monoisotopic (exact) mass is 596 g/mol. The van der Waals surface area contributed by atoms with Gasteiger partial charge in [-0.05, 0) is 47.7 Å². The summed E-state index contributed by atoms with van der Waals surface area (Å²) >= 11 is 1.59. The van der Waals surface area contributed by atoms with Crippen LogP contribution in [0.3, 0.4) is 0 Å². The van der Waals surface area contributed by atoms with Crippen LogP contribution in [0.5, 0.6) is 0 Å². The van der Waals surface area contributed by atoms with E-state index in [9.17, 15) is 19.5 Å². The number of likely N-dealkylation sites (tertiary alicyclic amines) is 1. The second-order valence-corrected chi connectivity index (χ2v) is 13.0. The summed E-state index contributed by atoms with van der Waals surface area (Å²) < 4.78 is 4.80. The number of carbonyl (C=O) groups is 3. The van der Waals surface area contributed by atoms with E-state index in [4.69, 9.17) is 4.74 Å². The molecule has 3 aliphatic rings. The van der Waals surface area contributed by atoms with Crippen molar-refractivity contribution in [3.8, 4) is 0 Å². The van der Waals surface area contributed by atoms with Crippen molar-refractivity contribution in [2.24, 2.45) is 11.8 Å². The fraction of sp³-hybridized carbons (Fsp3) is 0.343. The first-order valence-electron chi connectivity index (χ1n) is 14.8. The Morgan fingerprint density at radius 2 is 1.81 bits per heavy atom. The lowest BCUT2D eigenvalue weighted by Crippen LogP contribution is -2.56.